The molecule has 1 unspecified atom stereocenters. The zero-order valence-electron chi connectivity index (χ0n) is 17.1. The molecule has 2 saturated heterocycles. The number of nitrogens with zero attached hydrogens (tertiary/aromatic N) is 4. The third kappa shape index (κ3) is 3.44. The van der Waals surface area contributed by atoms with E-state index < -0.39 is 0 Å². The molecule has 8 heteroatoms. The summed E-state index contributed by atoms with van der Waals surface area (Å²) in [6.45, 7) is 7.04. The Bertz CT molecular complexity index is 976. The fourth-order valence-corrected chi connectivity index (χ4v) is 4.57. The van der Waals surface area contributed by atoms with Crippen molar-refractivity contribution < 1.29 is 9.47 Å². The number of piperidine rings is 1. The highest BCUT2D eigenvalue weighted by atomic mass is 16.5. The molecule has 0 spiro atoms. The Morgan fingerprint density at radius 3 is 2.80 bits per heavy atom. The highest BCUT2D eigenvalue weighted by molar-refractivity contribution is 5.75. The molecular formula is C22H26N6O2. The van der Waals surface area contributed by atoms with Gasteiger partial charge in [-0.05, 0) is 45.0 Å². The number of morpholine rings is 1. The van der Waals surface area contributed by atoms with Crippen LogP contribution in [0.5, 0.6) is 5.75 Å². The number of ether oxygens (including phenoxy) is 2. The average Bonchev–Trinajstić information content (AvgIpc) is 2.95. The molecule has 0 saturated carbocycles. The van der Waals surface area contributed by atoms with Crippen molar-refractivity contribution in [2.45, 2.75) is 31.8 Å². The van der Waals surface area contributed by atoms with Gasteiger partial charge in [-0.25, -0.2) is 9.97 Å². The van der Waals surface area contributed by atoms with Gasteiger partial charge in [0, 0.05) is 36.6 Å². The van der Waals surface area contributed by atoms with Gasteiger partial charge < -0.3 is 25.0 Å². The fourth-order valence-electron chi connectivity index (χ4n) is 4.57. The summed E-state index contributed by atoms with van der Waals surface area (Å²) in [5.41, 5.74) is 4.15. The first-order valence-corrected chi connectivity index (χ1v) is 10.7. The van der Waals surface area contributed by atoms with Gasteiger partial charge in [-0.15, -0.1) is 0 Å². The zero-order valence-corrected chi connectivity index (χ0v) is 17.1. The van der Waals surface area contributed by atoms with Gasteiger partial charge in [0.15, 0.2) is 11.4 Å². The average molecular weight is 406 g/mol. The third-order valence-electron chi connectivity index (χ3n) is 6.13. The maximum atomic E-state index is 9.80. The van der Waals surface area contributed by atoms with E-state index in [1.807, 2.05) is 25.3 Å². The van der Waals surface area contributed by atoms with Crippen molar-refractivity contribution >= 4 is 17.2 Å². The van der Waals surface area contributed by atoms with Crippen LogP contribution >= 0.6 is 0 Å². The molecule has 30 heavy (non-hydrogen) atoms. The summed E-state index contributed by atoms with van der Waals surface area (Å²) < 4.78 is 11.8. The quantitative estimate of drug-likeness (QED) is 0.786. The highest BCUT2D eigenvalue weighted by Gasteiger charge is 2.30. The Kier molecular flexibility index (Phi) is 5.15. The largest absolute Gasteiger partial charge is 0.481 e. The lowest BCUT2D eigenvalue weighted by molar-refractivity contribution is 0.122. The number of nitriles is 1. The third-order valence-corrected chi connectivity index (χ3v) is 6.13. The number of hydrogen-bond acceptors (Lipinski definition) is 8. The number of nitrogens with one attached hydrogen (secondary N) is 2. The van der Waals surface area contributed by atoms with Crippen LogP contribution in [0.1, 0.15) is 48.7 Å². The second-order valence-corrected chi connectivity index (χ2v) is 7.99. The topological polar surface area (TPSA) is 95.3 Å². The first-order valence-electron chi connectivity index (χ1n) is 10.7. The summed E-state index contributed by atoms with van der Waals surface area (Å²) in [5.74, 6) is 1.63. The molecule has 8 nitrogen and oxygen atoms in total. The predicted octanol–water partition coefficient (Wildman–Crippen LogP) is 2.85. The van der Waals surface area contributed by atoms with Gasteiger partial charge in [0.1, 0.15) is 18.0 Å². The fraction of sp³-hybridized carbons (Fsp3) is 0.500. The molecule has 2 aromatic heterocycles. The number of aromatic nitrogens is 2. The Labute approximate surface area is 176 Å². The van der Waals surface area contributed by atoms with Gasteiger partial charge in [-0.1, -0.05) is 0 Å². The maximum absolute atomic E-state index is 9.80. The van der Waals surface area contributed by atoms with Crippen LogP contribution in [-0.4, -0.2) is 49.4 Å². The molecule has 0 aromatic carbocycles. The molecule has 3 aliphatic heterocycles. The minimum atomic E-state index is -0.265. The van der Waals surface area contributed by atoms with Crippen molar-refractivity contribution in [3.63, 3.8) is 0 Å². The molecule has 1 atom stereocenters. The van der Waals surface area contributed by atoms with Crippen LogP contribution in [-0.2, 0) is 4.74 Å². The predicted molar refractivity (Wildman–Crippen MR) is 113 cm³/mol. The van der Waals surface area contributed by atoms with Gasteiger partial charge in [-0.2, -0.15) is 5.26 Å². The summed E-state index contributed by atoms with van der Waals surface area (Å²) in [7, 11) is 0. The van der Waals surface area contributed by atoms with E-state index >= 15 is 0 Å². The van der Waals surface area contributed by atoms with E-state index in [1.54, 1.807) is 0 Å². The summed E-state index contributed by atoms with van der Waals surface area (Å²) in [6, 6.07) is 6.32. The Morgan fingerprint density at radius 2 is 2.03 bits per heavy atom. The van der Waals surface area contributed by atoms with E-state index in [-0.39, 0.29) is 6.10 Å². The molecule has 0 aliphatic carbocycles. The van der Waals surface area contributed by atoms with Crippen LogP contribution < -0.4 is 20.3 Å². The van der Waals surface area contributed by atoms with Crippen LogP contribution in [0.4, 0.5) is 17.2 Å². The Hall–Kier alpha value is -2.89. The molecule has 2 N–H and O–H groups in total. The Balaban J connectivity index is 1.56. The van der Waals surface area contributed by atoms with Crippen LogP contribution in [0.25, 0.3) is 0 Å². The number of fused-ring (bicyclic) bond motifs is 2. The smallest absolute Gasteiger partial charge is 0.185 e. The molecule has 0 amide bonds. The summed E-state index contributed by atoms with van der Waals surface area (Å²) in [5, 5.41) is 16.7. The van der Waals surface area contributed by atoms with E-state index in [1.165, 1.54) is 0 Å². The Morgan fingerprint density at radius 1 is 1.23 bits per heavy atom. The summed E-state index contributed by atoms with van der Waals surface area (Å²) >= 11 is 0. The molecule has 5 rings (SSSR count). The standard InChI is InChI=1S/C22H26N6O2/c1-14-20-19(28-8-10-29-11-9-28)4-7-25-22(20)27-17-12-16(15-2-5-24-6-3-15)26-18(13-23)21(17)30-14/h4,7,12,14-15,24H,2-3,5-6,8-11H2,1H3,(H,25,27). The SMILES string of the molecule is CC1Oc2c(cc(C3CCNCC3)nc2C#N)Nc2nccc(N3CCOCC3)c21. The normalized spacial score (nSPS) is 21.5. The van der Waals surface area contributed by atoms with Crippen LogP contribution in [0.3, 0.4) is 0 Å². The molecule has 0 bridgehead atoms. The molecule has 5 heterocycles. The first-order chi connectivity index (χ1) is 14.7. The highest BCUT2D eigenvalue weighted by Crippen LogP contribution is 2.44. The van der Waals surface area contributed by atoms with Crippen molar-refractivity contribution in [2.75, 3.05) is 49.6 Å². The number of anilines is 3. The minimum Gasteiger partial charge on any atom is -0.481 e. The van der Waals surface area contributed by atoms with Crippen LogP contribution in [0, 0.1) is 11.3 Å². The lowest BCUT2D eigenvalue weighted by atomic mass is 9.93. The molecule has 0 radical (unpaired) electrons. The van der Waals surface area contributed by atoms with Crippen molar-refractivity contribution in [3.05, 3.63) is 35.3 Å². The summed E-state index contributed by atoms with van der Waals surface area (Å²) in [4.78, 5) is 11.6. The van der Waals surface area contributed by atoms with E-state index in [4.69, 9.17) is 9.47 Å². The lowest BCUT2D eigenvalue weighted by Gasteiger charge is -2.31. The van der Waals surface area contributed by atoms with Gasteiger partial charge in [0.2, 0.25) is 0 Å². The number of rotatable bonds is 2. The van der Waals surface area contributed by atoms with Crippen molar-refractivity contribution in [1.29, 1.82) is 5.26 Å². The first kappa shape index (κ1) is 19.1. The van der Waals surface area contributed by atoms with Crippen molar-refractivity contribution in [3.8, 4) is 11.8 Å². The van der Waals surface area contributed by atoms with E-state index in [9.17, 15) is 5.26 Å². The second-order valence-electron chi connectivity index (χ2n) is 7.99. The second kappa shape index (κ2) is 8.09. The molecule has 3 aliphatic rings. The monoisotopic (exact) mass is 406 g/mol. The van der Waals surface area contributed by atoms with E-state index in [2.05, 4.69) is 31.6 Å². The number of hydrogen-bond donors (Lipinski definition) is 2. The zero-order chi connectivity index (χ0) is 20.5. The maximum Gasteiger partial charge on any atom is 0.185 e. The molecule has 2 aromatic rings. The van der Waals surface area contributed by atoms with Gasteiger partial charge in [0.05, 0.1) is 24.5 Å². The van der Waals surface area contributed by atoms with E-state index in [0.717, 1.165) is 67.5 Å². The van der Waals surface area contributed by atoms with E-state index in [0.29, 0.717) is 30.6 Å². The van der Waals surface area contributed by atoms with Crippen LogP contribution in [0.15, 0.2) is 18.3 Å². The molecular weight excluding hydrogens is 380 g/mol. The number of pyridine rings is 2. The van der Waals surface area contributed by atoms with Gasteiger partial charge in [-0.3, -0.25) is 0 Å². The minimum absolute atomic E-state index is 0.265. The lowest BCUT2D eigenvalue weighted by Crippen LogP contribution is -2.37. The molecule has 2 fully saturated rings. The van der Waals surface area contributed by atoms with Crippen molar-refractivity contribution in [2.24, 2.45) is 0 Å². The molecule has 156 valence electrons. The van der Waals surface area contributed by atoms with Gasteiger partial charge in [0.25, 0.3) is 0 Å². The van der Waals surface area contributed by atoms with Crippen LogP contribution in [0.2, 0.25) is 0 Å². The van der Waals surface area contributed by atoms with Gasteiger partial charge >= 0.3 is 0 Å². The van der Waals surface area contributed by atoms with Crippen molar-refractivity contribution in [1.82, 2.24) is 15.3 Å². The summed E-state index contributed by atoms with van der Waals surface area (Å²) in [6.07, 6.45) is 3.60.